The number of hydrogen-bond donors (Lipinski definition) is 2. The molecular weight excluding hydrogens is 250 g/mol. The monoisotopic (exact) mass is 273 g/mol. The van der Waals surface area contributed by atoms with Gasteiger partial charge in [0.25, 0.3) is 0 Å². The van der Waals surface area contributed by atoms with Gasteiger partial charge in [0.2, 0.25) is 5.96 Å². The maximum absolute atomic E-state index is 5.53. The summed E-state index contributed by atoms with van der Waals surface area (Å²) in [6.07, 6.45) is 4.88. The predicted molar refractivity (Wildman–Crippen MR) is 83.4 cm³/mol. The minimum atomic E-state index is 0.0704. The van der Waals surface area contributed by atoms with Crippen LogP contribution >= 0.6 is 0 Å². The predicted octanol–water partition coefficient (Wildman–Crippen LogP) is 1.69. The van der Waals surface area contributed by atoms with Crippen LogP contribution in [0.3, 0.4) is 0 Å². The van der Waals surface area contributed by atoms with Gasteiger partial charge in [-0.1, -0.05) is 43.2 Å². The second-order valence-corrected chi connectivity index (χ2v) is 5.04. The van der Waals surface area contributed by atoms with Gasteiger partial charge in [0, 0.05) is 13.1 Å². The Bertz CT molecular complexity index is 454. The second kappa shape index (κ2) is 7.53. The molecule has 0 amide bonds. The third kappa shape index (κ3) is 4.57. The van der Waals surface area contributed by atoms with Crippen LogP contribution in [0.15, 0.2) is 40.3 Å². The lowest BCUT2D eigenvalue weighted by atomic mass is 10.2. The molecule has 2 rings (SSSR count). The molecule has 5 nitrogen and oxygen atoms in total. The Balaban J connectivity index is 2.11. The maximum atomic E-state index is 5.53. The van der Waals surface area contributed by atoms with Crippen molar-refractivity contribution in [2.75, 3.05) is 13.1 Å². The molecule has 0 aromatic heterocycles. The van der Waals surface area contributed by atoms with Gasteiger partial charge in [0.15, 0.2) is 5.96 Å². The number of benzene rings is 1. The highest BCUT2D eigenvalue weighted by Crippen LogP contribution is 2.11. The zero-order chi connectivity index (χ0) is 14.2. The first kappa shape index (κ1) is 14.4. The summed E-state index contributed by atoms with van der Waals surface area (Å²) >= 11 is 0. The molecule has 1 saturated heterocycles. The van der Waals surface area contributed by atoms with Crippen LogP contribution in [0.5, 0.6) is 0 Å². The topological polar surface area (TPSA) is 80.0 Å². The van der Waals surface area contributed by atoms with Crippen LogP contribution in [0, 0.1) is 0 Å². The molecule has 0 aliphatic carbocycles. The number of likely N-dealkylation sites (tertiary alicyclic amines) is 1. The fourth-order valence-electron chi connectivity index (χ4n) is 2.34. The zero-order valence-electron chi connectivity index (χ0n) is 11.8. The van der Waals surface area contributed by atoms with E-state index in [1.807, 2.05) is 18.2 Å². The van der Waals surface area contributed by atoms with E-state index in [-0.39, 0.29) is 5.96 Å². The summed E-state index contributed by atoms with van der Waals surface area (Å²) in [5.74, 6) is 0.733. The molecule has 1 fully saturated rings. The van der Waals surface area contributed by atoms with Gasteiger partial charge in [-0.3, -0.25) is 0 Å². The highest BCUT2D eigenvalue weighted by Gasteiger charge is 2.13. The van der Waals surface area contributed by atoms with E-state index in [0.29, 0.717) is 12.5 Å². The molecule has 0 unspecified atom stereocenters. The minimum absolute atomic E-state index is 0.0704. The zero-order valence-corrected chi connectivity index (χ0v) is 11.8. The van der Waals surface area contributed by atoms with E-state index in [9.17, 15) is 0 Å². The molecule has 1 aromatic rings. The van der Waals surface area contributed by atoms with Gasteiger partial charge in [-0.2, -0.15) is 4.99 Å². The van der Waals surface area contributed by atoms with Gasteiger partial charge >= 0.3 is 0 Å². The van der Waals surface area contributed by atoms with E-state index in [0.717, 1.165) is 18.7 Å². The van der Waals surface area contributed by atoms with E-state index >= 15 is 0 Å². The standard InChI is InChI=1S/C15H23N5/c16-14(17)19-15(20-10-6-1-2-7-11-20)18-12-13-8-4-3-5-9-13/h3-5,8-9H,1-2,6-7,10-12H2,(H4,16,17,18,19). The van der Waals surface area contributed by atoms with E-state index in [2.05, 4.69) is 27.0 Å². The van der Waals surface area contributed by atoms with Gasteiger partial charge in [-0.15, -0.1) is 0 Å². The van der Waals surface area contributed by atoms with Crippen LogP contribution in [0.2, 0.25) is 0 Å². The van der Waals surface area contributed by atoms with Gasteiger partial charge in [0.05, 0.1) is 6.54 Å². The van der Waals surface area contributed by atoms with Crippen molar-refractivity contribution < 1.29 is 0 Å². The Morgan fingerprint density at radius 1 is 1.00 bits per heavy atom. The molecule has 108 valence electrons. The summed E-state index contributed by atoms with van der Waals surface area (Å²) in [4.78, 5) is 11.0. The molecular formula is C15H23N5. The average molecular weight is 273 g/mol. The fraction of sp³-hybridized carbons (Fsp3) is 0.467. The third-order valence-corrected chi connectivity index (χ3v) is 3.36. The summed E-state index contributed by atoms with van der Waals surface area (Å²) < 4.78 is 0. The Morgan fingerprint density at radius 3 is 2.25 bits per heavy atom. The van der Waals surface area contributed by atoms with E-state index in [4.69, 9.17) is 11.5 Å². The molecule has 1 aromatic carbocycles. The molecule has 0 atom stereocenters. The summed E-state index contributed by atoms with van der Waals surface area (Å²) in [6, 6.07) is 10.1. The summed E-state index contributed by atoms with van der Waals surface area (Å²) in [5, 5.41) is 0. The summed E-state index contributed by atoms with van der Waals surface area (Å²) in [5.41, 5.74) is 12.2. The first-order valence-electron chi connectivity index (χ1n) is 7.18. The minimum Gasteiger partial charge on any atom is -0.370 e. The lowest BCUT2D eigenvalue weighted by Crippen LogP contribution is -2.34. The second-order valence-electron chi connectivity index (χ2n) is 5.04. The van der Waals surface area contributed by atoms with Gasteiger partial charge in [0.1, 0.15) is 0 Å². The molecule has 20 heavy (non-hydrogen) atoms. The highest BCUT2D eigenvalue weighted by molar-refractivity contribution is 5.93. The van der Waals surface area contributed by atoms with Crippen LogP contribution in [-0.2, 0) is 6.54 Å². The van der Waals surface area contributed by atoms with E-state index in [1.165, 1.54) is 25.7 Å². The average Bonchev–Trinajstić information content (AvgIpc) is 2.73. The molecule has 1 aliphatic rings. The van der Waals surface area contributed by atoms with Crippen molar-refractivity contribution in [2.45, 2.75) is 32.2 Å². The number of nitrogens with two attached hydrogens (primary N) is 2. The Kier molecular flexibility index (Phi) is 5.41. The maximum Gasteiger partial charge on any atom is 0.224 e. The summed E-state index contributed by atoms with van der Waals surface area (Å²) in [6.45, 7) is 2.55. The number of guanidine groups is 2. The van der Waals surface area contributed by atoms with Crippen LogP contribution < -0.4 is 11.5 Å². The number of aliphatic imine (C=N–C) groups is 2. The van der Waals surface area contributed by atoms with Crippen molar-refractivity contribution in [3.8, 4) is 0 Å². The lowest BCUT2D eigenvalue weighted by molar-refractivity contribution is 0.428. The number of hydrogen-bond acceptors (Lipinski definition) is 1. The Labute approximate surface area is 120 Å². The van der Waals surface area contributed by atoms with E-state index in [1.54, 1.807) is 0 Å². The molecule has 0 saturated carbocycles. The van der Waals surface area contributed by atoms with Crippen molar-refractivity contribution in [3.05, 3.63) is 35.9 Å². The van der Waals surface area contributed by atoms with Crippen molar-refractivity contribution >= 4 is 11.9 Å². The van der Waals surface area contributed by atoms with Gasteiger partial charge in [-0.05, 0) is 18.4 Å². The van der Waals surface area contributed by atoms with Crippen molar-refractivity contribution in [1.29, 1.82) is 0 Å². The quantitative estimate of drug-likeness (QED) is 0.635. The summed E-state index contributed by atoms with van der Waals surface area (Å²) in [7, 11) is 0. The smallest absolute Gasteiger partial charge is 0.224 e. The third-order valence-electron chi connectivity index (χ3n) is 3.36. The van der Waals surface area contributed by atoms with Crippen LogP contribution in [0.4, 0.5) is 0 Å². The molecule has 1 heterocycles. The molecule has 4 N–H and O–H groups in total. The molecule has 0 radical (unpaired) electrons. The lowest BCUT2D eigenvalue weighted by Gasteiger charge is -2.21. The largest absolute Gasteiger partial charge is 0.370 e. The van der Waals surface area contributed by atoms with Crippen molar-refractivity contribution in [3.63, 3.8) is 0 Å². The Hall–Kier alpha value is -2.04. The highest BCUT2D eigenvalue weighted by atomic mass is 15.3. The molecule has 1 aliphatic heterocycles. The molecule has 0 spiro atoms. The van der Waals surface area contributed by atoms with Crippen molar-refractivity contribution in [1.82, 2.24) is 4.90 Å². The van der Waals surface area contributed by atoms with Gasteiger partial charge in [-0.25, -0.2) is 4.99 Å². The van der Waals surface area contributed by atoms with Crippen LogP contribution in [-0.4, -0.2) is 29.9 Å². The van der Waals surface area contributed by atoms with Crippen LogP contribution in [0.25, 0.3) is 0 Å². The first-order valence-corrected chi connectivity index (χ1v) is 7.18. The SMILES string of the molecule is NC(N)=NC(=NCc1ccccc1)N1CCCCCC1. The van der Waals surface area contributed by atoms with Crippen LogP contribution in [0.1, 0.15) is 31.2 Å². The number of rotatable bonds is 2. The molecule has 5 heteroatoms. The van der Waals surface area contributed by atoms with Crippen molar-refractivity contribution in [2.24, 2.45) is 21.5 Å². The van der Waals surface area contributed by atoms with Gasteiger partial charge < -0.3 is 16.4 Å². The normalized spacial score (nSPS) is 16.6. The number of nitrogens with zero attached hydrogens (tertiary/aromatic N) is 3. The molecule has 0 bridgehead atoms. The van der Waals surface area contributed by atoms with E-state index < -0.39 is 0 Å². The first-order chi connectivity index (χ1) is 9.75. The fourth-order valence-corrected chi connectivity index (χ4v) is 2.34. The Morgan fingerprint density at radius 2 is 1.65 bits per heavy atom.